The Kier molecular flexibility index (Phi) is 8.39. The Morgan fingerprint density at radius 1 is 1.29 bits per heavy atom. The van der Waals surface area contributed by atoms with E-state index in [1.807, 2.05) is 0 Å². The van der Waals surface area contributed by atoms with E-state index in [4.69, 9.17) is 34.8 Å². The summed E-state index contributed by atoms with van der Waals surface area (Å²) in [5, 5.41) is 0. The molecule has 0 fully saturated rings. The third kappa shape index (κ3) is 11.6. The Bertz CT molecular complexity index is 45.8. The Morgan fingerprint density at radius 2 is 1.43 bits per heavy atom. The summed E-state index contributed by atoms with van der Waals surface area (Å²) in [5.74, 6) is 0. The number of halogens is 4. The van der Waals surface area contributed by atoms with Crippen LogP contribution in [0.25, 0.3) is 0 Å². The molecule has 0 aliphatic rings. The van der Waals surface area contributed by atoms with Gasteiger partial charge in [0, 0.05) is 0 Å². The molecule has 0 radical (unpaired) electrons. The molecule has 40 valence electrons. The van der Waals surface area contributed by atoms with Crippen molar-refractivity contribution in [1.82, 2.24) is 0 Å². The van der Waals surface area contributed by atoms with Crippen LogP contribution in [-0.2, 0) is 4.29 Å². The summed E-state index contributed by atoms with van der Waals surface area (Å²) in [7, 11) is 0. The van der Waals surface area contributed by atoms with Crippen LogP contribution in [0.15, 0.2) is 0 Å². The molecule has 0 atom stereocenters. The number of hydrogen-bond acceptors (Lipinski definition) is 1. The van der Waals surface area contributed by atoms with Crippen LogP contribution in [0.1, 0.15) is 1.43 Å². The minimum Gasteiger partial charge on any atom is -1.00 e. The van der Waals surface area contributed by atoms with Crippen molar-refractivity contribution in [2.75, 3.05) is 0 Å². The summed E-state index contributed by atoms with van der Waals surface area (Å²) in [6.45, 7) is 0. The van der Waals surface area contributed by atoms with Crippen LogP contribution >= 0.6 is 46.7 Å². The van der Waals surface area contributed by atoms with Crippen molar-refractivity contribution < 1.29 is 35.3 Å². The van der Waals surface area contributed by atoms with Gasteiger partial charge in [-0.25, -0.2) is 4.29 Å². The largest absolute Gasteiger partial charge is 1.00 e. The van der Waals surface area contributed by atoms with E-state index >= 15 is 0 Å². The van der Waals surface area contributed by atoms with Gasteiger partial charge in [-0.15, -0.1) is 0 Å². The number of alkyl halides is 3. The summed E-state index contributed by atoms with van der Waals surface area (Å²) in [4.78, 5) is 0. The zero-order valence-corrected chi connectivity index (χ0v) is 8.44. The van der Waals surface area contributed by atoms with Gasteiger partial charge in [-0.3, -0.25) is 0 Å². The molecule has 0 rings (SSSR count). The van der Waals surface area contributed by atoms with E-state index in [1.54, 1.807) is 0 Å². The first kappa shape index (κ1) is 11.9. The molecule has 1 nitrogen and oxygen atoms in total. The second kappa shape index (κ2) is 4.95. The Morgan fingerprint density at radius 3 is 1.43 bits per heavy atom. The van der Waals surface area contributed by atoms with Gasteiger partial charge in [-0.1, -0.05) is 34.8 Å². The van der Waals surface area contributed by atoms with Crippen LogP contribution in [-0.4, -0.2) is 3.98 Å². The molecule has 0 saturated heterocycles. The van der Waals surface area contributed by atoms with Crippen LogP contribution < -0.4 is 29.6 Å². The quantitative estimate of drug-likeness (QED) is 0.376. The summed E-state index contributed by atoms with van der Waals surface area (Å²) >= 11 is 19.3. The molecule has 0 bridgehead atoms. The topological polar surface area (TPSA) is 9.23 Å². The van der Waals surface area contributed by atoms with Crippen LogP contribution in [0.2, 0.25) is 0 Å². The maximum Gasteiger partial charge on any atom is 1.00 e. The first-order chi connectivity index (χ1) is 2.56. The molecule has 0 aromatic heterocycles. The molecule has 0 spiro atoms. The average molecular weight is 194 g/mol. The van der Waals surface area contributed by atoms with Crippen LogP contribution in [0.3, 0.4) is 0 Å². The van der Waals surface area contributed by atoms with E-state index in [0.717, 1.165) is 0 Å². The van der Waals surface area contributed by atoms with Crippen molar-refractivity contribution in [3.8, 4) is 0 Å². The third-order valence-corrected chi connectivity index (χ3v) is 0.787. The molecule has 0 heterocycles. The molecule has 0 aliphatic heterocycles. The van der Waals surface area contributed by atoms with Gasteiger partial charge >= 0.3 is 33.5 Å². The zero-order valence-electron chi connectivity index (χ0n) is 4.42. The van der Waals surface area contributed by atoms with Crippen molar-refractivity contribution in [1.29, 1.82) is 0 Å². The molecule has 0 saturated carbocycles. The number of rotatable bonds is 0. The molecule has 0 amide bonds. The molecule has 7 heavy (non-hydrogen) atoms. The average Bonchev–Trinajstić information content (AvgIpc) is 1.35. The minimum atomic E-state index is -1.78. The smallest absolute Gasteiger partial charge is 1.00 e. The summed E-state index contributed by atoms with van der Waals surface area (Å²) in [6, 6.07) is 0. The first-order valence-corrected chi connectivity index (χ1v) is 2.37. The summed E-state index contributed by atoms with van der Waals surface area (Å²) in [6.07, 6.45) is 0. The van der Waals surface area contributed by atoms with E-state index in [2.05, 4.69) is 16.2 Å². The first-order valence-electron chi connectivity index (χ1n) is 0.925. The molecule has 0 aromatic rings. The second-order valence-electron chi connectivity index (χ2n) is 0.523. The maximum atomic E-state index is 4.89. The van der Waals surface area contributed by atoms with Crippen molar-refractivity contribution in [3.63, 3.8) is 0 Å². The monoisotopic (exact) mass is 192 g/mol. The Balaban J connectivity index is -0.000000125. The van der Waals surface area contributed by atoms with Gasteiger partial charge in [0.2, 0.25) is 0 Å². The van der Waals surface area contributed by atoms with Gasteiger partial charge in [0.05, 0.1) is 11.9 Å². The second-order valence-corrected chi connectivity index (χ2v) is 2.85. The SMILES string of the molecule is ClOC(Cl)(Cl)Cl.[H-].[Na+]. The van der Waals surface area contributed by atoms with E-state index < -0.39 is 3.98 Å². The van der Waals surface area contributed by atoms with Crippen LogP contribution in [0.4, 0.5) is 0 Å². The molecule has 0 aromatic carbocycles. The van der Waals surface area contributed by atoms with E-state index in [1.165, 1.54) is 0 Å². The molecular weight excluding hydrogens is 193 g/mol. The van der Waals surface area contributed by atoms with Crippen molar-refractivity contribution in [2.45, 2.75) is 3.98 Å². The normalized spacial score (nSPS) is 10.3. The van der Waals surface area contributed by atoms with Gasteiger partial charge in [-0.05, 0) is 0 Å². The van der Waals surface area contributed by atoms with Crippen molar-refractivity contribution in [2.24, 2.45) is 0 Å². The van der Waals surface area contributed by atoms with Crippen LogP contribution in [0.5, 0.6) is 0 Å². The fourth-order valence-electron chi connectivity index (χ4n) is 0. The Hall–Kier alpha value is 2.12. The third-order valence-electron chi connectivity index (χ3n) is 0.0875. The molecule has 6 heteroatoms. The fraction of sp³-hybridized carbons (Fsp3) is 1.00. The standard InChI is InChI=1S/CCl4O.Na.H/c2-1(3,4)6-5;;/q;+1;-1. The predicted octanol–water partition coefficient (Wildman–Crippen LogP) is -0.399. The van der Waals surface area contributed by atoms with Gasteiger partial charge in [-0.2, -0.15) is 0 Å². The zero-order chi connectivity index (χ0) is 5.21. The van der Waals surface area contributed by atoms with E-state index in [0.29, 0.717) is 0 Å². The molecule has 0 aliphatic carbocycles. The van der Waals surface area contributed by atoms with E-state index in [-0.39, 0.29) is 31.0 Å². The fourth-order valence-corrected chi connectivity index (χ4v) is 0. The van der Waals surface area contributed by atoms with Gasteiger partial charge in [0.15, 0.2) is 0 Å². The van der Waals surface area contributed by atoms with Crippen molar-refractivity contribution in [3.05, 3.63) is 0 Å². The molecule has 0 unspecified atom stereocenters. The summed E-state index contributed by atoms with van der Waals surface area (Å²) in [5.41, 5.74) is 0. The minimum absolute atomic E-state index is 0. The predicted molar refractivity (Wildman–Crippen MR) is 28.3 cm³/mol. The van der Waals surface area contributed by atoms with Crippen molar-refractivity contribution >= 4 is 46.7 Å². The maximum absolute atomic E-state index is 4.89. The van der Waals surface area contributed by atoms with E-state index in [9.17, 15) is 0 Å². The number of hydrogen-bond donors (Lipinski definition) is 0. The van der Waals surface area contributed by atoms with Crippen LogP contribution in [0, 0.1) is 0 Å². The van der Waals surface area contributed by atoms with Gasteiger partial charge in [0.25, 0.3) is 0 Å². The summed E-state index contributed by atoms with van der Waals surface area (Å²) < 4.78 is 1.93. The van der Waals surface area contributed by atoms with Gasteiger partial charge in [0.1, 0.15) is 0 Å². The molecule has 0 N–H and O–H groups in total. The molecular formula is CHCl4NaO. The Labute approximate surface area is 85.1 Å². The van der Waals surface area contributed by atoms with Gasteiger partial charge < -0.3 is 1.43 Å².